The Balaban J connectivity index is 1.53. The molecule has 0 saturated carbocycles. The molecular formula is C20H20F3N3S. The highest BCUT2D eigenvalue weighted by molar-refractivity contribution is 7.80. The minimum atomic E-state index is -4.44. The van der Waals surface area contributed by atoms with Gasteiger partial charge in [-0.05, 0) is 55.1 Å². The number of para-hydroxylation sites is 1. The Labute approximate surface area is 161 Å². The van der Waals surface area contributed by atoms with Gasteiger partial charge in [-0.1, -0.05) is 48.5 Å². The number of hydrogen-bond donors (Lipinski definition) is 3. The number of benzene rings is 2. The zero-order chi connectivity index (χ0) is 19.3. The third-order valence-electron chi connectivity index (χ3n) is 4.50. The molecule has 0 unspecified atom stereocenters. The van der Waals surface area contributed by atoms with Gasteiger partial charge in [-0.15, -0.1) is 0 Å². The fourth-order valence-corrected chi connectivity index (χ4v) is 3.27. The first-order valence-corrected chi connectivity index (χ1v) is 9.07. The third kappa shape index (κ3) is 5.23. The minimum absolute atomic E-state index is 0.0777. The largest absolute Gasteiger partial charge is 0.418 e. The molecule has 0 bridgehead atoms. The zero-order valence-corrected chi connectivity index (χ0v) is 15.3. The molecule has 3 N–H and O–H groups in total. The molecule has 0 aliphatic heterocycles. The van der Waals surface area contributed by atoms with Crippen LogP contribution in [-0.4, -0.2) is 5.11 Å². The smallest absolute Gasteiger partial charge is 0.331 e. The summed E-state index contributed by atoms with van der Waals surface area (Å²) in [6.07, 6.45) is 0.409. The number of hydrazine groups is 1. The highest BCUT2D eigenvalue weighted by Gasteiger charge is 2.33. The Bertz CT molecular complexity index is 819. The van der Waals surface area contributed by atoms with Gasteiger partial charge >= 0.3 is 6.18 Å². The van der Waals surface area contributed by atoms with Crippen LogP contribution >= 0.6 is 12.2 Å². The Kier molecular flexibility index (Phi) is 6.01. The van der Waals surface area contributed by atoms with Gasteiger partial charge in [-0.2, -0.15) is 13.2 Å². The van der Waals surface area contributed by atoms with Gasteiger partial charge in [0.15, 0.2) is 5.11 Å². The van der Waals surface area contributed by atoms with Crippen molar-refractivity contribution in [3.05, 3.63) is 77.5 Å². The van der Waals surface area contributed by atoms with Crippen LogP contribution in [0, 0.1) is 0 Å². The second-order valence-corrected chi connectivity index (χ2v) is 6.77. The number of allylic oxidation sites excluding steroid dienone is 2. The molecule has 0 radical (unpaired) electrons. The molecule has 0 spiro atoms. The number of anilines is 1. The maximum absolute atomic E-state index is 13.0. The molecule has 3 nitrogen and oxygen atoms in total. The van der Waals surface area contributed by atoms with Crippen LogP contribution in [0.2, 0.25) is 0 Å². The van der Waals surface area contributed by atoms with Gasteiger partial charge in [0.05, 0.1) is 11.3 Å². The molecular weight excluding hydrogens is 371 g/mol. The number of alkyl halides is 3. The number of halogens is 3. The number of rotatable bonds is 4. The van der Waals surface area contributed by atoms with E-state index in [0.717, 1.165) is 31.0 Å². The summed E-state index contributed by atoms with van der Waals surface area (Å²) in [4.78, 5) is 0. The first-order chi connectivity index (χ1) is 12.9. The van der Waals surface area contributed by atoms with Crippen molar-refractivity contribution in [2.24, 2.45) is 0 Å². The van der Waals surface area contributed by atoms with Crippen LogP contribution in [0.25, 0.3) is 0 Å². The third-order valence-corrected chi connectivity index (χ3v) is 4.70. The molecule has 0 fully saturated rings. The summed E-state index contributed by atoms with van der Waals surface area (Å²) in [6.45, 7) is 0. The van der Waals surface area contributed by atoms with E-state index in [1.165, 1.54) is 23.8 Å². The van der Waals surface area contributed by atoms with E-state index in [0.29, 0.717) is 5.92 Å². The van der Waals surface area contributed by atoms with Gasteiger partial charge < -0.3 is 10.7 Å². The monoisotopic (exact) mass is 391 g/mol. The predicted molar refractivity (Wildman–Crippen MR) is 105 cm³/mol. The minimum Gasteiger partial charge on any atom is -0.331 e. The molecule has 0 heterocycles. The highest BCUT2D eigenvalue weighted by atomic mass is 32.1. The molecule has 0 amide bonds. The van der Waals surface area contributed by atoms with E-state index in [9.17, 15) is 13.2 Å². The number of nitrogens with one attached hydrogen (secondary N) is 3. The average Bonchev–Trinajstić information content (AvgIpc) is 2.67. The van der Waals surface area contributed by atoms with Crippen LogP contribution in [0.1, 0.15) is 36.3 Å². The first-order valence-electron chi connectivity index (χ1n) is 8.66. The van der Waals surface area contributed by atoms with Crippen molar-refractivity contribution in [2.75, 3.05) is 5.32 Å². The van der Waals surface area contributed by atoms with E-state index >= 15 is 0 Å². The Morgan fingerprint density at radius 1 is 1.00 bits per heavy atom. The Hall–Kier alpha value is -2.54. The van der Waals surface area contributed by atoms with Crippen molar-refractivity contribution in [3.8, 4) is 0 Å². The predicted octanol–water partition coefficient (Wildman–Crippen LogP) is 5.35. The van der Waals surface area contributed by atoms with E-state index in [1.54, 1.807) is 0 Å². The second kappa shape index (κ2) is 8.43. The van der Waals surface area contributed by atoms with Crippen LogP contribution in [-0.2, 0) is 6.18 Å². The van der Waals surface area contributed by atoms with E-state index in [2.05, 4.69) is 34.4 Å². The van der Waals surface area contributed by atoms with Crippen molar-refractivity contribution >= 4 is 23.0 Å². The second-order valence-electron chi connectivity index (χ2n) is 6.36. The highest BCUT2D eigenvalue weighted by Crippen LogP contribution is 2.34. The molecule has 27 heavy (non-hydrogen) atoms. The van der Waals surface area contributed by atoms with Crippen LogP contribution in [0.3, 0.4) is 0 Å². The summed E-state index contributed by atoms with van der Waals surface area (Å²) < 4.78 is 39.1. The summed E-state index contributed by atoms with van der Waals surface area (Å²) in [5, 5.41) is 2.68. The van der Waals surface area contributed by atoms with Gasteiger partial charge in [0.1, 0.15) is 0 Å². The Morgan fingerprint density at radius 2 is 1.70 bits per heavy atom. The lowest BCUT2D eigenvalue weighted by Crippen LogP contribution is -2.40. The van der Waals surface area contributed by atoms with Crippen molar-refractivity contribution < 1.29 is 13.2 Å². The van der Waals surface area contributed by atoms with Crippen molar-refractivity contribution in [1.82, 2.24) is 10.9 Å². The molecule has 1 aliphatic rings. The quantitative estimate of drug-likeness (QED) is 0.485. The van der Waals surface area contributed by atoms with Crippen molar-refractivity contribution in [2.45, 2.75) is 31.4 Å². The average molecular weight is 391 g/mol. The van der Waals surface area contributed by atoms with Crippen LogP contribution in [0.5, 0.6) is 0 Å². The lowest BCUT2D eigenvalue weighted by Gasteiger charge is -2.24. The summed E-state index contributed by atoms with van der Waals surface area (Å²) in [5.74, 6) is 0.487. The molecule has 2 aromatic rings. The van der Waals surface area contributed by atoms with Crippen LogP contribution < -0.4 is 16.2 Å². The number of thiocarbonyl (C=S) groups is 1. The van der Waals surface area contributed by atoms with E-state index in [-0.39, 0.29) is 10.8 Å². The molecule has 3 rings (SSSR count). The SMILES string of the molecule is FC(F)(F)c1ccccc1NC(=S)NNC1=CC[C@H](c2ccccc2)CC1. The zero-order valence-electron chi connectivity index (χ0n) is 14.5. The maximum Gasteiger partial charge on any atom is 0.418 e. The molecule has 2 aromatic carbocycles. The normalized spacial score (nSPS) is 17.0. The van der Waals surface area contributed by atoms with Gasteiger partial charge in [-0.3, -0.25) is 5.43 Å². The standard InChI is InChI=1S/C20H20F3N3S/c21-20(22,23)17-8-4-5-9-18(17)24-19(27)26-25-16-12-10-15(11-13-16)14-6-2-1-3-7-14/h1-9,12,15,25H,10-11,13H2,(H2,24,26,27)/t15-/m0/s1. The van der Waals surface area contributed by atoms with Crippen molar-refractivity contribution in [3.63, 3.8) is 0 Å². The van der Waals surface area contributed by atoms with Gasteiger partial charge in [0.25, 0.3) is 0 Å². The molecule has 1 aliphatic carbocycles. The van der Waals surface area contributed by atoms with Crippen LogP contribution in [0.15, 0.2) is 66.4 Å². The van der Waals surface area contributed by atoms with Gasteiger partial charge in [-0.25, -0.2) is 0 Å². The Morgan fingerprint density at radius 3 is 2.37 bits per heavy atom. The molecule has 0 saturated heterocycles. The maximum atomic E-state index is 13.0. The lowest BCUT2D eigenvalue weighted by atomic mass is 9.87. The molecule has 0 aromatic heterocycles. The molecule has 1 atom stereocenters. The fourth-order valence-electron chi connectivity index (χ4n) is 3.11. The van der Waals surface area contributed by atoms with Crippen LogP contribution in [0.4, 0.5) is 18.9 Å². The van der Waals surface area contributed by atoms with Gasteiger partial charge in [0, 0.05) is 5.70 Å². The summed E-state index contributed by atoms with van der Waals surface area (Å²) in [6, 6.07) is 15.6. The summed E-state index contributed by atoms with van der Waals surface area (Å²) >= 11 is 5.11. The first kappa shape index (κ1) is 19.2. The fraction of sp³-hybridized carbons (Fsp3) is 0.250. The number of hydrogen-bond acceptors (Lipinski definition) is 2. The van der Waals surface area contributed by atoms with E-state index < -0.39 is 11.7 Å². The lowest BCUT2D eigenvalue weighted by molar-refractivity contribution is -0.136. The summed E-state index contributed by atoms with van der Waals surface area (Å²) in [7, 11) is 0. The summed E-state index contributed by atoms with van der Waals surface area (Å²) in [5.41, 5.74) is 7.24. The van der Waals surface area contributed by atoms with Gasteiger partial charge in [0.2, 0.25) is 0 Å². The molecule has 7 heteroatoms. The van der Waals surface area contributed by atoms with Crippen molar-refractivity contribution in [1.29, 1.82) is 0 Å². The van der Waals surface area contributed by atoms with E-state index in [4.69, 9.17) is 12.2 Å². The molecule has 142 valence electrons. The van der Waals surface area contributed by atoms with E-state index in [1.807, 2.05) is 18.2 Å². The topological polar surface area (TPSA) is 36.1 Å².